The van der Waals surface area contributed by atoms with Gasteiger partial charge in [-0.2, -0.15) is 0 Å². The van der Waals surface area contributed by atoms with E-state index in [4.69, 9.17) is 4.74 Å². The fourth-order valence-corrected chi connectivity index (χ4v) is 2.64. The van der Waals surface area contributed by atoms with Gasteiger partial charge in [0.2, 0.25) is 0 Å². The fraction of sp³-hybridized carbons (Fsp3) is 0.250. The Labute approximate surface area is 112 Å². The largest absolute Gasteiger partial charge is 0.454 e. The molecule has 0 bridgehead atoms. The van der Waals surface area contributed by atoms with E-state index in [-0.39, 0.29) is 11.7 Å². The third kappa shape index (κ3) is 2.22. The molecule has 0 fully saturated rings. The van der Waals surface area contributed by atoms with Gasteiger partial charge >= 0.3 is 0 Å². The van der Waals surface area contributed by atoms with Crippen molar-refractivity contribution in [2.75, 3.05) is 13.6 Å². The van der Waals surface area contributed by atoms with E-state index in [9.17, 15) is 4.39 Å². The van der Waals surface area contributed by atoms with Gasteiger partial charge in [-0.15, -0.1) is 0 Å². The highest BCUT2D eigenvalue weighted by Crippen LogP contribution is 2.40. The standard InChI is InChI=1S/C16H16FNO/c1-18-10-12-9-11-5-2-3-8-15(11)19-16-13(12)6-4-7-14(16)17/h2-8,12,18H,9-10H2,1H3/t12-/m0/s1. The first kappa shape index (κ1) is 12.2. The van der Waals surface area contributed by atoms with Gasteiger partial charge in [0.25, 0.3) is 0 Å². The van der Waals surface area contributed by atoms with Crippen LogP contribution in [0.1, 0.15) is 17.0 Å². The van der Waals surface area contributed by atoms with E-state index in [1.54, 1.807) is 6.07 Å². The quantitative estimate of drug-likeness (QED) is 0.889. The molecule has 0 amide bonds. The number of para-hydroxylation sites is 2. The van der Waals surface area contributed by atoms with Crippen molar-refractivity contribution in [2.45, 2.75) is 12.3 Å². The summed E-state index contributed by atoms with van der Waals surface area (Å²) in [7, 11) is 1.91. The Hall–Kier alpha value is -1.87. The molecule has 0 aliphatic carbocycles. The Morgan fingerprint density at radius 3 is 2.89 bits per heavy atom. The van der Waals surface area contributed by atoms with E-state index in [2.05, 4.69) is 5.32 Å². The van der Waals surface area contributed by atoms with Crippen molar-refractivity contribution in [3.05, 3.63) is 59.4 Å². The first-order valence-electron chi connectivity index (χ1n) is 6.48. The van der Waals surface area contributed by atoms with Crippen molar-refractivity contribution >= 4 is 0 Å². The minimum atomic E-state index is -0.296. The van der Waals surface area contributed by atoms with Crippen LogP contribution in [0.25, 0.3) is 0 Å². The zero-order valence-corrected chi connectivity index (χ0v) is 10.8. The predicted molar refractivity (Wildman–Crippen MR) is 73.3 cm³/mol. The Morgan fingerprint density at radius 2 is 2.05 bits per heavy atom. The van der Waals surface area contributed by atoms with Crippen LogP contribution < -0.4 is 10.1 Å². The van der Waals surface area contributed by atoms with Crippen molar-refractivity contribution in [2.24, 2.45) is 0 Å². The summed E-state index contributed by atoms with van der Waals surface area (Å²) in [4.78, 5) is 0. The monoisotopic (exact) mass is 257 g/mol. The summed E-state index contributed by atoms with van der Waals surface area (Å²) in [5.74, 6) is 1.05. The molecular weight excluding hydrogens is 241 g/mol. The summed E-state index contributed by atoms with van der Waals surface area (Å²) >= 11 is 0. The van der Waals surface area contributed by atoms with Crippen LogP contribution in [0.15, 0.2) is 42.5 Å². The molecule has 0 unspecified atom stereocenters. The lowest BCUT2D eigenvalue weighted by atomic mass is 9.92. The number of ether oxygens (including phenoxy) is 1. The minimum Gasteiger partial charge on any atom is -0.454 e. The molecule has 0 aromatic heterocycles. The lowest BCUT2D eigenvalue weighted by molar-refractivity contribution is 0.437. The summed E-state index contributed by atoms with van der Waals surface area (Å²) in [6, 6.07) is 13.0. The van der Waals surface area contributed by atoms with Crippen LogP contribution in [0, 0.1) is 5.82 Å². The molecule has 1 N–H and O–H groups in total. The van der Waals surface area contributed by atoms with E-state index in [1.807, 2.05) is 37.4 Å². The van der Waals surface area contributed by atoms with Crippen molar-refractivity contribution in [3.8, 4) is 11.5 Å². The molecule has 3 rings (SSSR count). The second-order valence-corrected chi connectivity index (χ2v) is 4.83. The van der Waals surface area contributed by atoms with Crippen LogP contribution in [-0.2, 0) is 6.42 Å². The zero-order chi connectivity index (χ0) is 13.2. The highest BCUT2D eigenvalue weighted by molar-refractivity contribution is 5.47. The number of halogens is 1. The van der Waals surface area contributed by atoms with Gasteiger partial charge in [-0.25, -0.2) is 4.39 Å². The van der Waals surface area contributed by atoms with Crippen LogP contribution >= 0.6 is 0 Å². The summed E-state index contributed by atoms with van der Waals surface area (Å²) in [6.45, 7) is 0.800. The van der Waals surface area contributed by atoms with Gasteiger partial charge in [0.15, 0.2) is 11.6 Å². The topological polar surface area (TPSA) is 21.3 Å². The number of hydrogen-bond donors (Lipinski definition) is 1. The highest BCUT2D eigenvalue weighted by atomic mass is 19.1. The minimum absolute atomic E-state index is 0.222. The van der Waals surface area contributed by atoms with Gasteiger partial charge in [-0.05, 0) is 31.2 Å². The smallest absolute Gasteiger partial charge is 0.166 e. The van der Waals surface area contributed by atoms with Crippen molar-refractivity contribution < 1.29 is 9.13 Å². The number of fused-ring (bicyclic) bond motifs is 2. The van der Waals surface area contributed by atoms with Crippen molar-refractivity contribution in [3.63, 3.8) is 0 Å². The van der Waals surface area contributed by atoms with E-state index >= 15 is 0 Å². The molecule has 0 saturated heterocycles. The lowest BCUT2D eigenvalue weighted by Crippen LogP contribution is -2.18. The molecule has 0 saturated carbocycles. The summed E-state index contributed by atoms with van der Waals surface area (Å²) in [5, 5.41) is 3.18. The van der Waals surface area contributed by atoms with Crippen molar-refractivity contribution in [1.82, 2.24) is 5.32 Å². The molecule has 2 aromatic rings. The molecule has 1 atom stereocenters. The molecule has 3 heteroatoms. The third-order valence-electron chi connectivity index (χ3n) is 3.54. The summed E-state index contributed by atoms with van der Waals surface area (Å²) < 4.78 is 19.8. The van der Waals surface area contributed by atoms with Gasteiger partial charge in [-0.1, -0.05) is 30.3 Å². The van der Waals surface area contributed by atoms with Gasteiger partial charge < -0.3 is 10.1 Å². The number of rotatable bonds is 2. The van der Waals surface area contributed by atoms with Crippen LogP contribution in [0.3, 0.4) is 0 Å². The van der Waals surface area contributed by atoms with Crippen LogP contribution in [-0.4, -0.2) is 13.6 Å². The predicted octanol–water partition coefficient (Wildman–Crippen LogP) is 3.48. The van der Waals surface area contributed by atoms with E-state index < -0.39 is 0 Å². The molecule has 2 nitrogen and oxygen atoms in total. The Balaban J connectivity index is 2.13. The van der Waals surface area contributed by atoms with Crippen LogP contribution in [0.4, 0.5) is 4.39 Å². The molecule has 1 aliphatic rings. The van der Waals surface area contributed by atoms with Gasteiger partial charge in [-0.3, -0.25) is 0 Å². The molecule has 0 spiro atoms. The molecule has 19 heavy (non-hydrogen) atoms. The average molecular weight is 257 g/mol. The molecule has 1 aliphatic heterocycles. The first-order valence-corrected chi connectivity index (χ1v) is 6.48. The van der Waals surface area contributed by atoms with Crippen LogP contribution in [0.2, 0.25) is 0 Å². The normalized spacial score (nSPS) is 17.1. The zero-order valence-electron chi connectivity index (χ0n) is 10.8. The molecular formula is C16H16FNO. The molecule has 1 heterocycles. The second kappa shape index (κ2) is 5.02. The fourth-order valence-electron chi connectivity index (χ4n) is 2.64. The number of nitrogens with one attached hydrogen (secondary N) is 1. The lowest BCUT2D eigenvalue weighted by Gasteiger charge is -2.16. The third-order valence-corrected chi connectivity index (χ3v) is 3.54. The average Bonchev–Trinajstić information content (AvgIpc) is 2.57. The van der Waals surface area contributed by atoms with Gasteiger partial charge in [0, 0.05) is 18.0 Å². The maximum absolute atomic E-state index is 14.0. The first-order chi connectivity index (χ1) is 9.29. The number of hydrogen-bond acceptors (Lipinski definition) is 2. The Bertz CT molecular complexity index is 597. The Kier molecular flexibility index (Phi) is 3.22. The summed E-state index contributed by atoms with van der Waals surface area (Å²) in [5.41, 5.74) is 2.06. The van der Waals surface area contributed by atoms with E-state index in [1.165, 1.54) is 6.07 Å². The van der Waals surface area contributed by atoms with Crippen LogP contribution in [0.5, 0.6) is 11.5 Å². The SMILES string of the molecule is CNC[C@@H]1Cc2ccccc2Oc2c(F)cccc21. The molecule has 2 aromatic carbocycles. The Morgan fingerprint density at radius 1 is 1.21 bits per heavy atom. The maximum atomic E-state index is 14.0. The summed E-state index contributed by atoms with van der Waals surface area (Å²) in [6.07, 6.45) is 0.855. The van der Waals surface area contributed by atoms with Gasteiger partial charge in [0.05, 0.1) is 0 Å². The van der Waals surface area contributed by atoms with Gasteiger partial charge in [0.1, 0.15) is 5.75 Å². The van der Waals surface area contributed by atoms with Crippen molar-refractivity contribution in [1.29, 1.82) is 0 Å². The second-order valence-electron chi connectivity index (χ2n) is 4.83. The maximum Gasteiger partial charge on any atom is 0.166 e. The molecule has 98 valence electrons. The van der Waals surface area contributed by atoms with E-state index in [0.717, 1.165) is 29.8 Å². The number of benzene rings is 2. The molecule has 0 radical (unpaired) electrons. The van der Waals surface area contributed by atoms with E-state index in [0.29, 0.717) is 5.75 Å². The highest BCUT2D eigenvalue weighted by Gasteiger charge is 2.24. The number of likely N-dealkylation sites (N-methyl/N-ethyl adjacent to an activating group) is 1.